The largest absolute Gasteiger partial charge is 0.383 e. The molecule has 3 rings (SSSR count). The summed E-state index contributed by atoms with van der Waals surface area (Å²) in [7, 11) is 0. The molecule has 0 aliphatic heterocycles. The van der Waals surface area contributed by atoms with E-state index in [2.05, 4.69) is 4.98 Å². The van der Waals surface area contributed by atoms with Gasteiger partial charge in [-0.25, -0.2) is 4.79 Å². The summed E-state index contributed by atoms with van der Waals surface area (Å²) in [5.41, 5.74) is 5.61. The minimum absolute atomic E-state index is 0.0203. The highest BCUT2D eigenvalue weighted by atomic mass is 32.2. The summed E-state index contributed by atoms with van der Waals surface area (Å²) in [4.78, 5) is 42.4. The normalized spacial score (nSPS) is 11.0. The molecule has 0 saturated carbocycles. The Morgan fingerprint density at radius 1 is 1.12 bits per heavy atom. The molecule has 0 saturated heterocycles. The summed E-state index contributed by atoms with van der Waals surface area (Å²) in [5.74, 6) is -3.24. The Morgan fingerprint density at radius 3 is 2.39 bits per heavy atom. The number of anilines is 2. The molecular weight excluding hydrogens is 450 g/mol. The number of halogens is 2. The Bertz CT molecular complexity index is 1210. The fourth-order valence-electron chi connectivity index (χ4n) is 3.33. The third-order valence-electron chi connectivity index (χ3n) is 4.97. The van der Waals surface area contributed by atoms with Crippen molar-refractivity contribution in [3.63, 3.8) is 0 Å². The van der Waals surface area contributed by atoms with Gasteiger partial charge in [0, 0.05) is 17.0 Å². The number of hydrogen-bond acceptors (Lipinski definition) is 5. The number of amides is 1. The van der Waals surface area contributed by atoms with Crippen LogP contribution in [-0.2, 0) is 13.1 Å². The SMILES string of the molecule is CCCCn1c(N)c(N(Cc2ccccc2)C(=O)c2ccc(SC(F)F)cc2)c(=O)[nH]c1=O. The van der Waals surface area contributed by atoms with Crippen LogP contribution in [0.4, 0.5) is 20.3 Å². The lowest BCUT2D eigenvalue weighted by molar-refractivity contribution is 0.0984. The molecule has 2 aromatic carbocycles. The van der Waals surface area contributed by atoms with Crippen LogP contribution in [-0.4, -0.2) is 21.2 Å². The number of nitrogen functional groups attached to an aromatic ring is 1. The minimum Gasteiger partial charge on any atom is -0.383 e. The predicted octanol–water partition coefficient (Wildman–Crippen LogP) is 4.08. The van der Waals surface area contributed by atoms with Crippen molar-refractivity contribution in [1.29, 1.82) is 0 Å². The number of H-pyrrole nitrogens is 1. The lowest BCUT2D eigenvalue weighted by Gasteiger charge is -2.25. The second-order valence-electron chi connectivity index (χ2n) is 7.28. The fraction of sp³-hybridized carbons (Fsp3) is 0.261. The van der Waals surface area contributed by atoms with Gasteiger partial charge >= 0.3 is 5.69 Å². The van der Waals surface area contributed by atoms with E-state index in [1.165, 1.54) is 33.7 Å². The Balaban J connectivity index is 2.08. The first-order valence-electron chi connectivity index (χ1n) is 10.3. The number of aromatic amines is 1. The first kappa shape index (κ1) is 24.2. The maximum Gasteiger partial charge on any atom is 0.330 e. The van der Waals surface area contributed by atoms with E-state index in [1.807, 2.05) is 13.0 Å². The van der Waals surface area contributed by atoms with Crippen LogP contribution in [0.1, 0.15) is 35.7 Å². The molecule has 1 amide bonds. The number of rotatable bonds is 9. The van der Waals surface area contributed by atoms with E-state index in [4.69, 9.17) is 5.73 Å². The van der Waals surface area contributed by atoms with Crippen molar-refractivity contribution in [3.05, 3.63) is 86.6 Å². The highest BCUT2D eigenvalue weighted by Crippen LogP contribution is 2.27. The van der Waals surface area contributed by atoms with E-state index in [0.29, 0.717) is 23.1 Å². The van der Waals surface area contributed by atoms with E-state index in [1.54, 1.807) is 24.3 Å². The molecule has 0 aliphatic carbocycles. The van der Waals surface area contributed by atoms with Crippen LogP contribution in [0.25, 0.3) is 0 Å². The number of nitrogens with one attached hydrogen (secondary N) is 1. The summed E-state index contributed by atoms with van der Waals surface area (Å²) in [6.07, 6.45) is 1.46. The Hall–Kier alpha value is -3.40. The number of alkyl halides is 2. The monoisotopic (exact) mass is 474 g/mol. The van der Waals surface area contributed by atoms with Crippen molar-refractivity contribution in [3.8, 4) is 0 Å². The third kappa shape index (κ3) is 5.89. The van der Waals surface area contributed by atoms with Gasteiger partial charge in [-0.1, -0.05) is 55.4 Å². The zero-order valence-electron chi connectivity index (χ0n) is 18.0. The number of thioether (sulfide) groups is 1. The predicted molar refractivity (Wildman–Crippen MR) is 126 cm³/mol. The van der Waals surface area contributed by atoms with Crippen molar-refractivity contribution < 1.29 is 13.6 Å². The molecule has 0 fully saturated rings. The van der Waals surface area contributed by atoms with Crippen LogP contribution in [0.3, 0.4) is 0 Å². The van der Waals surface area contributed by atoms with Crippen molar-refractivity contribution in [1.82, 2.24) is 9.55 Å². The molecule has 7 nitrogen and oxygen atoms in total. The van der Waals surface area contributed by atoms with Crippen LogP contribution >= 0.6 is 11.8 Å². The highest BCUT2D eigenvalue weighted by Gasteiger charge is 2.25. The third-order valence-corrected chi connectivity index (χ3v) is 5.70. The highest BCUT2D eigenvalue weighted by molar-refractivity contribution is 7.99. The zero-order chi connectivity index (χ0) is 24.0. The molecule has 0 aliphatic rings. The molecular formula is C23H24F2N4O3S. The number of nitrogens with zero attached hydrogens (tertiary/aromatic N) is 2. The topological polar surface area (TPSA) is 101 Å². The van der Waals surface area contributed by atoms with Crippen molar-refractivity contribution in [2.45, 2.75) is 43.5 Å². The summed E-state index contributed by atoms with van der Waals surface area (Å²) < 4.78 is 26.5. The van der Waals surface area contributed by atoms with Crippen molar-refractivity contribution >= 4 is 29.2 Å². The first-order valence-corrected chi connectivity index (χ1v) is 11.2. The van der Waals surface area contributed by atoms with Crippen LogP contribution in [0.15, 0.2) is 69.1 Å². The minimum atomic E-state index is -2.58. The molecule has 10 heteroatoms. The van der Waals surface area contributed by atoms with Gasteiger partial charge in [0.1, 0.15) is 5.82 Å². The molecule has 0 unspecified atom stereocenters. The van der Waals surface area contributed by atoms with Gasteiger partial charge in [-0.05, 0) is 36.2 Å². The van der Waals surface area contributed by atoms with Crippen molar-refractivity contribution in [2.75, 3.05) is 10.6 Å². The van der Waals surface area contributed by atoms with Gasteiger partial charge in [0.2, 0.25) is 0 Å². The number of carbonyl (C=O) groups excluding carboxylic acids is 1. The van der Waals surface area contributed by atoms with E-state index < -0.39 is 22.9 Å². The Kier molecular flexibility index (Phi) is 8.05. The number of benzene rings is 2. The smallest absolute Gasteiger partial charge is 0.330 e. The molecule has 0 radical (unpaired) electrons. The van der Waals surface area contributed by atoms with Crippen LogP contribution < -0.4 is 21.9 Å². The zero-order valence-corrected chi connectivity index (χ0v) is 18.8. The summed E-state index contributed by atoms with van der Waals surface area (Å²) in [6.45, 7) is 2.26. The lowest BCUT2D eigenvalue weighted by atomic mass is 10.1. The average molecular weight is 475 g/mol. The molecule has 174 valence electrons. The van der Waals surface area contributed by atoms with Crippen LogP contribution in [0.5, 0.6) is 0 Å². The molecule has 0 atom stereocenters. The van der Waals surface area contributed by atoms with E-state index in [0.717, 1.165) is 12.0 Å². The van der Waals surface area contributed by atoms with Gasteiger partial charge in [0.05, 0.1) is 6.54 Å². The van der Waals surface area contributed by atoms with Gasteiger partial charge in [0.15, 0.2) is 5.69 Å². The molecule has 3 aromatic rings. The van der Waals surface area contributed by atoms with Gasteiger partial charge < -0.3 is 5.73 Å². The lowest BCUT2D eigenvalue weighted by Crippen LogP contribution is -2.41. The standard InChI is InChI=1S/C23H24F2N4O3S/c1-2-3-13-28-19(26)18(20(30)27-23(28)32)29(14-15-7-5-4-6-8-15)21(31)16-9-11-17(12-10-16)33-22(24)25/h4-12,22H,2-3,13-14,26H2,1H3,(H,27,30,32). The maximum absolute atomic E-state index is 13.5. The molecule has 33 heavy (non-hydrogen) atoms. The number of carbonyl (C=O) groups is 1. The second kappa shape index (κ2) is 11.0. The molecule has 3 N–H and O–H groups in total. The summed E-state index contributed by atoms with van der Waals surface area (Å²) in [5, 5.41) is 0. The quantitative estimate of drug-likeness (QED) is 0.455. The summed E-state index contributed by atoms with van der Waals surface area (Å²) in [6, 6.07) is 14.7. The average Bonchev–Trinajstić information content (AvgIpc) is 2.78. The van der Waals surface area contributed by atoms with E-state index in [9.17, 15) is 23.2 Å². The van der Waals surface area contributed by atoms with Crippen molar-refractivity contribution in [2.24, 2.45) is 0 Å². The molecule has 1 aromatic heterocycles. The van der Waals surface area contributed by atoms with Crippen LogP contribution in [0.2, 0.25) is 0 Å². The fourth-order valence-corrected chi connectivity index (χ4v) is 3.83. The second-order valence-corrected chi connectivity index (χ2v) is 8.34. The van der Waals surface area contributed by atoms with Gasteiger partial charge in [-0.3, -0.25) is 24.0 Å². The Labute approximate surface area is 193 Å². The summed E-state index contributed by atoms with van der Waals surface area (Å²) >= 11 is 0.371. The van der Waals surface area contributed by atoms with E-state index in [-0.39, 0.29) is 30.2 Å². The van der Waals surface area contributed by atoms with E-state index >= 15 is 0 Å². The Morgan fingerprint density at radius 2 is 1.79 bits per heavy atom. The van der Waals surface area contributed by atoms with Crippen LogP contribution in [0, 0.1) is 0 Å². The molecule has 0 spiro atoms. The number of aromatic nitrogens is 2. The molecule has 1 heterocycles. The van der Waals surface area contributed by atoms with Gasteiger partial charge in [0.25, 0.3) is 17.2 Å². The maximum atomic E-state index is 13.5. The number of hydrogen-bond donors (Lipinski definition) is 2. The number of unbranched alkanes of at least 4 members (excludes halogenated alkanes) is 1. The van der Waals surface area contributed by atoms with Gasteiger partial charge in [-0.15, -0.1) is 0 Å². The van der Waals surface area contributed by atoms with Gasteiger partial charge in [-0.2, -0.15) is 8.78 Å². The number of nitrogens with two attached hydrogens (primary N) is 1. The molecule has 0 bridgehead atoms. The first-order chi connectivity index (χ1) is 15.8.